The number of carboxylic acids is 1. The summed E-state index contributed by atoms with van der Waals surface area (Å²) >= 11 is 0. The van der Waals surface area contributed by atoms with Gasteiger partial charge in [0.25, 0.3) is 0 Å². The molecule has 0 atom stereocenters. The third kappa shape index (κ3) is 3.11. The van der Waals surface area contributed by atoms with Crippen LogP contribution in [0, 0.1) is 6.92 Å². The van der Waals surface area contributed by atoms with Crippen molar-refractivity contribution in [1.29, 1.82) is 0 Å². The minimum atomic E-state index is -0.998. The van der Waals surface area contributed by atoms with Gasteiger partial charge in [0.2, 0.25) is 0 Å². The van der Waals surface area contributed by atoms with Gasteiger partial charge in [0, 0.05) is 29.6 Å². The van der Waals surface area contributed by atoms with E-state index >= 15 is 0 Å². The Labute approximate surface area is 151 Å². The number of fused-ring (bicyclic) bond motifs is 1. The first-order valence-electron chi connectivity index (χ1n) is 8.11. The van der Waals surface area contributed by atoms with Crippen molar-refractivity contribution in [1.82, 2.24) is 4.57 Å². The molecule has 5 nitrogen and oxygen atoms in total. The van der Waals surface area contributed by atoms with Crippen molar-refractivity contribution in [2.75, 3.05) is 7.11 Å². The Morgan fingerprint density at radius 1 is 1.12 bits per heavy atom. The molecule has 0 saturated heterocycles. The molecule has 1 aromatic heterocycles. The predicted octanol–water partition coefficient (Wildman–Crippen LogP) is 4.04. The van der Waals surface area contributed by atoms with Gasteiger partial charge in [0.1, 0.15) is 0 Å². The lowest BCUT2D eigenvalue weighted by atomic mass is 10.0. The quantitative estimate of drug-likeness (QED) is 0.570. The Morgan fingerprint density at radius 2 is 1.81 bits per heavy atom. The van der Waals surface area contributed by atoms with E-state index in [1.807, 2.05) is 48.9 Å². The number of carboxylic acid groups (broad SMARTS) is 1. The zero-order valence-electron chi connectivity index (χ0n) is 14.8. The maximum absolute atomic E-state index is 11.6. The molecular formula is C21H19NO4. The molecule has 0 aliphatic carbocycles. The molecule has 3 aromatic rings. The molecule has 0 saturated carbocycles. The fraction of sp³-hybridized carbons (Fsp3) is 0.143. The molecule has 26 heavy (non-hydrogen) atoms. The van der Waals surface area contributed by atoms with Crippen LogP contribution < -0.4 is 0 Å². The summed E-state index contributed by atoms with van der Waals surface area (Å²) in [7, 11) is 3.29. The Kier molecular flexibility index (Phi) is 4.63. The molecule has 132 valence electrons. The van der Waals surface area contributed by atoms with Crippen LogP contribution in [-0.2, 0) is 16.6 Å². The fourth-order valence-electron chi connectivity index (χ4n) is 3.14. The number of carbonyl (C=O) groups is 2. The van der Waals surface area contributed by atoms with E-state index in [1.54, 1.807) is 18.2 Å². The number of nitrogens with zero attached hydrogens (tertiary/aromatic N) is 1. The molecule has 0 bridgehead atoms. The summed E-state index contributed by atoms with van der Waals surface area (Å²) in [4.78, 5) is 22.7. The predicted molar refractivity (Wildman–Crippen MR) is 101 cm³/mol. The minimum absolute atomic E-state index is 0.393. The lowest BCUT2D eigenvalue weighted by Crippen LogP contribution is -2.01. The zero-order valence-corrected chi connectivity index (χ0v) is 14.8. The average Bonchev–Trinajstić information content (AvgIpc) is 2.90. The first-order valence-corrected chi connectivity index (χ1v) is 8.11. The second kappa shape index (κ2) is 6.88. The van der Waals surface area contributed by atoms with Crippen LogP contribution in [0.2, 0.25) is 0 Å². The molecule has 0 aliphatic rings. The summed E-state index contributed by atoms with van der Waals surface area (Å²) in [6, 6.07) is 13.2. The van der Waals surface area contributed by atoms with Gasteiger partial charge in [-0.2, -0.15) is 0 Å². The number of aliphatic carboxylic acids is 1. The van der Waals surface area contributed by atoms with Gasteiger partial charge < -0.3 is 14.4 Å². The maximum atomic E-state index is 11.6. The number of rotatable bonds is 4. The summed E-state index contributed by atoms with van der Waals surface area (Å²) in [5, 5.41) is 10.0. The van der Waals surface area contributed by atoms with Crippen molar-refractivity contribution in [2.45, 2.75) is 6.92 Å². The molecule has 1 N–H and O–H groups in total. The molecule has 0 amide bonds. The summed E-state index contributed by atoms with van der Waals surface area (Å²) in [5.74, 6) is -1.39. The van der Waals surface area contributed by atoms with Crippen molar-refractivity contribution in [3.8, 4) is 11.3 Å². The normalized spacial score (nSPS) is 11.2. The average molecular weight is 349 g/mol. The summed E-state index contributed by atoms with van der Waals surface area (Å²) < 4.78 is 6.77. The number of aryl methyl sites for hydroxylation is 2. The Bertz CT molecular complexity index is 1030. The highest BCUT2D eigenvalue weighted by molar-refractivity contribution is 6.00. The number of ether oxygens (including phenoxy) is 1. The fourth-order valence-corrected chi connectivity index (χ4v) is 3.14. The highest BCUT2D eigenvalue weighted by atomic mass is 16.5. The third-order valence-corrected chi connectivity index (χ3v) is 4.37. The third-order valence-electron chi connectivity index (χ3n) is 4.37. The van der Waals surface area contributed by atoms with Gasteiger partial charge in [0.15, 0.2) is 0 Å². The topological polar surface area (TPSA) is 68.5 Å². The van der Waals surface area contributed by atoms with Gasteiger partial charge in [0.05, 0.1) is 18.4 Å². The lowest BCUT2D eigenvalue weighted by molar-refractivity contribution is -0.131. The van der Waals surface area contributed by atoms with Crippen LogP contribution in [0.4, 0.5) is 0 Å². The van der Waals surface area contributed by atoms with Crippen LogP contribution in [0.3, 0.4) is 0 Å². The van der Waals surface area contributed by atoms with E-state index < -0.39 is 11.9 Å². The van der Waals surface area contributed by atoms with Gasteiger partial charge in [-0.1, -0.05) is 23.8 Å². The van der Waals surface area contributed by atoms with Crippen LogP contribution in [0.15, 0.2) is 48.5 Å². The molecule has 1 heterocycles. The molecule has 5 heteroatoms. The molecule has 3 rings (SSSR count). The molecule has 0 radical (unpaired) electrons. The molecule has 2 aromatic carbocycles. The van der Waals surface area contributed by atoms with E-state index in [-0.39, 0.29) is 0 Å². The number of hydrogen-bond donors (Lipinski definition) is 1. The number of aromatic nitrogens is 1. The molecule has 0 spiro atoms. The number of methoxy groups -OCH3 is 1. The summed E-state index contributed by atoms with van der Waals surface area (Å²) in [6.45, 7) is 2.00. The van der Waals surface area contributed by atoms with Crippen molar-refractivity contribution >= 4 is 28.9 Å². The van der Waals surface area contributed by atoms with Crippen LogP contribution >= 0.6 is 0 Å². The summed E-state index contributed by atoms with van der Waals surface area (Å²) in [5.41, 5.74) is 5.18. The van der Waals surface area contributed by atoms with Crippen molar-refractivity contribution in [3.05, 3.63) is 65.2 Å². The van der Waals surface area contributed by atoms with Crippen LogP contribution in [-0.4, -0.2) is 28.7 Å². The van der Waals surface area contributed by atoms with E-state index in [2.05, 4.69) is 0 Å². The van der Waals surface area contributed by atoms with Gasteiger partial charge in [-0.3, -0.25) is 0 Å². The summed E-state index contributed by atoms with van der Waals surface area (Å²) in [6.07, 6.45) is 2.76. The van der Waals surface area contributed by atoms with Gasteiger partial charge in [-0.15, -0.1) is 0 Å². The van der Waals surface area contributed by atoms with Crippen molar-refractivity contribution in [3.63, 3.8) is 0 Å². The number of hydrogen-bond acceptors (Lipinski definition) is 3. The SMILES string of the molecule is COC(=O)c1ccc(-c2c(/C=C/C(=O)O)c3cc(C)ccc3n2C)cc1. The standard InChI is InChI=1S/C21H19NO4/c1-13-4-10-18-17(12-13)16(9-11-19(23)24)20(22(18)2)14-5-7-15(8-6-14)21(25)26-3/h4-12H,1-3H3,(H,23,24)/b11-9+. The second-order valence-electron chi connectivity index (χ2n) is 6.08. The number of carbonyl (C=O) groups excluding carboxylic acids is 1. The van der Waals surface area contributed by atoms with Gasteiger partial charge >= 0.3 is 11.9 Å². The maximum Gasteiger partial charge on any atom is 0.337 e. The Balaban J connectivity index is 2.24. The highest BCUT2D eigenvalue weighted by Crippen LogP contribution is 2.34. The van der Waals surface area contributed by atoms with E-state index in [4.69, 9.17) is 9.84 Å². The van der Waals surface area contributed by atoms with Crippen LogP contribution in [0.5, 0.6) is 0 Å². The molecule has 0 aliphatic heterocycles. The van der Waals surface area contributed by atoms with Crippen molar-refractivity contribution < 1.29 is 19.4 Å². The van der Waals surface area contributed by atoms with Crippen LogP contribution in [0.25, 0.3) is 28.2 Å². The molecule has 0 unspecified atom stereocenters. The van der Waals surface area contributed by atoms with Crippen molar-refractivity contribution in [2.24, 2.45) is 7.05 Å². The van der Waals surface area contributed by atoms with E-state index in [9.17, 15) is 9.59 Å². The minimum Gasteiger partial charge on any atom is -0.478 e. The monoisotopic (exact) mass is 349 g/mol. The lowest BCUT2D eigenvalue weighted by Gasteiger charge is -2.07. The first kappa shape index (κ1) is 17.5. The smallest absolute Gasteiger partial charge is 0.337 e. The highest BCUT2D eigenvalue weighted by Gasteiger charge is 2.16. The Hall–Kier alpha value is -3.34. The van der Waals surface area contributed by atoms with Gasteiger partial charge in [-0.05, 0) is 42.8 Å². The largest absolute Gasteiger partial charge is 0.478 e. The first-order chi connectivity index (χ1) is 12.4. The van der Waals surface area contributed by atoms with E-state index in [0.717, 1.165) is 39.4 Å². The van der Waals surface area contributed by atoms with Crippen LogP contribution in [0.1, 0.15) is 21.5 Å². The second-order valence-corrected chi connectivity index (χ2v) is 6.08. The number of esters is 1. The zero-order chi connectivity index (χ0) is 18.8. The number of benzene rings is 2. The van der Waals surface area contributed by atoms with E-state index in [1.165, 1.54) is 7.11 Å². The Morgan fingerprint density at radius 3 is 2.42 bits per heavy atom. The van der Waals surface area contributed by atoms with Gasteiger partial charge in [-0.25, -0.2) is 9.59 Å². The van der Waals surface area contributed by atoms with E-state index in [0.29, 0.717) is 5.56 Å². The molecule has 0 fully saturated rings. The molecular weight excluding hydrogens is 330 g/mol.